The Morgan fingerprint density at radius 3 is 2.67 bits per heavy atom. The molecule has 1 atom stereocenters. The third-order valence-electron chi connectivity index (χ3n) is 3.14. The molecule has 1 unspecified atom stereocenters. The normalized spacial score (nSPS) is 18.6. The molecule has 1 fully saturated rings. The molecule has 1 aliphatic heterocycles. The fraction of sp³-hybridized carbons (Fsp3) is 0.600. The molecular weight excluding hydrogens is 270 g/mol. The third kappa shape index (κ3) is 2.82. The van der Waals surface area contributed by atoms with Crippen LogP contribution in [0.2, 0.25) is 0 Å². The standard InChI is InChI=1S/C10H15N5OS2/c1-7(9(11)17)14-2-4-15(5-3-14)10(16)8-6-18-13-12-8/h6-7H,2-5H2,1H3,(H2,11,17). The predicted molar refractivity (Wildman–Crippen MR) is 73.6 cm³/mol. The van der Waals surface area contributed by atoms with Crippen LogP contribution in [-0.4, -0.2) is 62.5 Å². The quantitative estimate of drug-likeness (QED) is 0.786. The van der Waals surface area contributed by atoms with E-state index in [4.69, 9.17) is 18.0 Å². The fourth-order valence-corrected chi connectivity index (χ4v) is 2.49. The smallest absolute Gasteiger partial charge is 0.275 e. The van der Waals surface area contributed by atoms with Crippen molar-refractivity contribution in [2.45, 2.75) is 13.0 Å². The van der Waals surface area contributed by atoms with Crippen LogP contribution in [0, 0.1) is 0 Å². The molecule has 98 valence electrons. The number of nitrogens with two attached hydrogens (primary N) is 1. The lowest BCUT2D eigenvalue weighted by Gasteiger charge is -2.37. The highest BCUT2D eigenvalue weighted by Gasteiger charge is 2.26. The highest BCUT2D eigenvalue weighted by molar-refractivity contribution is 7.80. The molecule has 1 aromatic heterocycles. The highest BCUT2D eigenvalue weighted by Crippen LogP contribution is 2.10. The minimum Gasteiger partial charge on any atom is -0.392 e. The van der Waals surface area contributed by atoms with Crippen LogP contribution in [-0.2, 0) is 0 Å². The molecule has 0 saturated carbocycles. The summed E-state index contributed by atoms with van der Waals surface area (Å²) in [6.45, 7) is 4.89. The molecule has 8 heteroatoms. The van der Waals surface area contributed by atoms with E-state index < -0.39 is 0 Å². The molecule has 2 N–H and O–H groups in total. The monoisotopic (exact) mass is 285 g/mol. The highest BCUT2D eigenvalue weighted by atomic mass is 32.1. The van der Waals surface area contributed by atoms with Crippen LogP contribution in [0.25, 0.3) is 0 Å². The Labute approximate surface area is 115 Å². The number of carbonyl (C=O) groups is 1. The Bertz CT molecular complexity index is 427. The lowest BCUT2D eigenvalue weighted by molar-refractivity contribution is 0.0616. The van der Waals surface area contributed by atoms with E-state index in [0.717, 1.165) is 13.1 Å². The summed E-state index contributed by atoms with van der Waals surface area (Å²) < 4.78 is 3.70. The lowest BCUT2D eigenvalue weighted by Crippen LogP contribution is -2.54. The van der Waals surface area contributed by atoms with E-state index in [0.29, 0.717) is 23.8 Å². The Balaban J connectivity index is 1.91. The molecule has 1 aromatic rings. The van der Waals surface area contributed by atoms with Crippen molar-refractivity contribution in [3.63, 3.8) is 0 Å². The molecule has 0 bridgehead atoms. The van der Waals surface area contributed by atoms with E-state index in [1.165, 1.54) is 11.5 Å². The number of hydrogen-bond donors (Lipinski definition) is 1. The first-order valence-corrected chi connectivity index (χ1v) is 6.94. The molecule has 6 nitrogen and oxygen atoms in total. The van der Waals surface area contributed by atoms with Crippen LogP contribution >= 0.6 is 23.8 Å². The van der Waals surface area contributed by atoms with Gasteiger partial charge in [-0.2, -0.15) is 0 Å². The number of nitrogens with zero attached hydrogens (tertiary/aromatic N) is 4. The van der Waals surface area contributed by atoms with Crippen LogP contribution in [0.5, 0.6) is 0 Å². The summed E-state index contributed by atoms with van der Waals surface area (Å²) in [7, 11) is 0. The summed E-state index contributed by atoms with van der Waals surface area (Å²) in [6, 6.07) is 0.0817. The third-order valence-corrected chi connectivity index (χ3v) is 3.99. The average molecular weight is 285 g/mol. The van der Waals surface area contributed by atoms with Crippen LogP contribution < -0.4 is 5.73 Å². The minimum atomic E-state index is -0.0496. The minimum absolute atomic E-state index is 0.0496. The SMILES string of the molecule is CC(C(N)=S)N1CCN(C(=O)c2csnn2)CC1. The van der Waals surface area contributed by atoms with E-state index in [1.807, 2.05) is 6.92 Å². The molecule has 1 saturated heterocycles. The predicted octanol–water partition coefficient (Wildman–Crippen LogP) is -0.0295. The molecule has 18 heavy (non-hydrogen) atoms. The van der Waals surface area contributed by atoms with Gasteiger partial charge < -0.3 is 10.6 Å². The van der Waals surface area contributed by atoms with Crippen molar-refractivity contribution in [3.8, 4) is 0 Å². The molecule has 2 rings (SSSR count). The van der Waals surface area contributed by atoms with Gasteiger partial charge in [0.05, 0.1) is 11.0 Å². The van der Waals surface area contributed by atoms with Gasteiger partial charge >= 0.3 is 0 Å². The van der Waals surface area contributed by atoms with Gasteiger partial charge in [0, 0.05) is 31.6 Å². The number of rotatable bonds is 3. The second-order valence-corrected chi connectivity index (χ2v) is 5.28. The van der Waals surface area contributed by atoms with Crippen molar-refractivity contribution in [3.05, 3.63) is 11.1 Å². The van der Waals surface area contributed by atoms with Gasteiger partial charge in [-0.05, 0) is 18.5 Å². The van der Waals surface area contributed by atoms with Crippen LogP contribution in [0.15, 0.2) is 5.38 Å². The molecule has 1 amide bonds. The molecule has 0 aliphatic carbocycles. The lowest BCUT2D eigenvalue weighted by atomic mass is 10.2. The van der Waals surface area contributed by atoms with Crippen LogP contribution in [0.1, 0.15) is 17.4 Å². The maximum atomic E-state index is 12.0. The van der Waals surface area contributed by atoms with Gasteiger partial charge in [0.25, 0.3) is 5.91 Å². The fourth-order valence-electron chi connectivity index (χ4n) is 1.91. The van der Waals surface area contributed by atoms with Gasteiger partial charge in [0.15, 0.2) is 5.69 Å². The van der Waals surface area contributed by atoms with Crippen molar-refractivity contribution in [2.75, 3.05) is 26.2 Å². The molecule has 0 aromatic carbocycles. The second-order valence-electron chi connectivity index (χ2n) is 4.20. The van der Waals surface area contributed by atoms with Crippen molar-refractivity contribution in [1.82, 2.24) is 19.4 Å². The van der Waals surface area contributed by atoms with Gasteiger partial charge in [-0.15, -0.1) is 5.10 Å². The number of aromatic nitrogens is 2. The summed E-state index contributed by atoms with van der Waals surface area (Å²) in [5.74, 6) is -0.0496. The zero-order valence-electron chi connectivity index (χ0n) is 10.1. The maximum absolute atomic E-state index is 12.0. The number of piperazine rings is 1. The van der Waals surface area contributed by atoms with E-state index in [1.54, 1.807) is 10.3 Å². The van der Waals surface area contributed by atoms with Gasteiger partial charge in [-0.3, -0.25) is 9.69 Å². The first kappa shape index (κ1) is 13.3. The molecule has 0 spiro atoms. The van der Waals surface area contributed by atoms with Crippen molar-refractivity contribution < 1.29 is 4.79 Å². The summed E-state index contributed by atoms with van der Waals surface area (Å²) in [6.07, 6.45) is 0. The Hall–Kier alpha value is -1.12. The summed E-state index contributed by atoms with van der Waals surface area (Å²) in [5.41, 5.74) is 6.06. The number of amides is 1. The summed E-state index contributed by atoms with van der Waals surface area (Å²) >= 11 is 6.17. The molecule has 1 aliphatic rings. The van der Waals surface area contributed by atoms with Crippen molar-refractivity contribution in [2.24, 2.45) is 5.73 Å². The van der Waals surface area contributed by atoms with Gasteiger partial charge in [-0.1, -0.05) is 16.7 Å². The van der Waals surface area contributed by atoms with Crippen LogP contribution in [0.4, 0.5) is 0 Å². The number of thiocarbonyl (C=S) groups is 1. The zero-order chi connectivity index (χ0) is 13.1. The Kier molecular flexibility index (Phi) is 4.20. The van der Waals surface area contributed by atoms with Gasteiger partial charge in [0.1, 0.15) is 0 Å². The average Bonchev–Trinajstić information content (AvgIpc) is 2.91. The molecule has 2 heterocycles. The first-order valence-electron chi connectivity index (χ1n) is 5.69. The Morgan fingerprint density at radius 2 is 2.17 bits per heavy atom. The number of hydrogen-bond acceptors (Lipinski definition) is 6. The first-order chi connectivity index (χ1) is 8.59. The van der Waals surface area contributed by atoms with Gasteiger partial charge in [-0.25, -0.2) is 0 Å². The largest absolute Gasteiger partial charge is 0.392 e. The van der Waals surface area contributed by atoms with Crippen LogP contribution in [0.3, 0.4) is 0 Å². The maximum Gasteiger partial charge on any atom is 0.275 e. The zero-order valence-corrected chi connectivity index (χ0v) is 11.7. The van der Waals surface area contributed by atoms with Crippen molar-refractivity contribution in [1.29, 1.82) is 0 Å². The van der Waals surface area contributed by atoms with Crippen molar-refractivity contribution >= 4 is 34.6 Å². The summed E-state index contributed by atoms with van der Waals surface area (Å²) in [5, 5.41) is 5.47. The van der Waals surface area contributed by atoms with E-state index in [-0.39, 0.29) is 11.9 Å². The topological polar surface area (TPSA) is 75.3 Å². The summed E-state index contributed by atoms with van der Waals surface area (Å²) in [4.78, 5) is 16.5. The van der Waals surface area contributed by atoms with E-state index in [9.17, 15) is 4.79 Å². The molecule has 0 radical (unpaired) electrons. The molecular formula is C10H15N5OS2. The van der Waals surface area contributed by atoms with E-state index in [2.05, 4.69) is 14.5 Å². The van der Waals surface area contributed by atoms with Gasteiger partial charge in [0.2, 0.25) is 0 Å². The Morgan fingerprint density at radius 1 is 1.50 bits per heavy atom. The van der Waals surface area contributed by atoms with E-state index >= 15 is 0 Å². The number of carbonyl (C=O) groups excluding carboxylic acids is 1. The second kappa shape index (κ2) is 5.68.